The Morgan fingerprint density at radius 3 is 2.85 bits per heavy atom. The molecule has 13 heavy (non-hydrogen) atoms. The van der Waals surface area contributed by atoms with Crippen LogP contribution in [0, 0.1) is 5.63 Å². The van der Waals surface area contributed by atoms with Crippen LogP contribution in [0.3, 0.4) is 0 Å². The van der Waals surface area contributed by atoms with E-state index < -0.39 is 0 Å². The molecule has 0 atom stereocenters. The van der Waals surface area contributed by atoms with Gasteiger partial charge in [-0.15, -0.1) is 0 Å². The van der Waals surface area contributed by atoms with E-state index in [2.05, 4.69) is 12.2 Å². The quantitative estimate of drug-likeness (QED) is 0.286. The number of carbonyl (C=O) groups excluding carboxylic acids is 1. The van der Waals surface area contributed by atoms with E-state index in [0.717, 1.165) is 31.8 Å². The first-order valence-electron chi connectivity index (χ1n) is 4.15. The standard InChI is InChI=1S/C9H13O3P/c1-2-9(10)12-7-5-3-4-6-8-13-11/h2H,1,3-7H2. The molecule has 0 amide bonds. The molecule has 0 spiro atoms. The molecule has 0 bridgehead atoms. The van der Waals surface area contributed by atoms with Crippen LogP contribution in [0.5, 0.6) is 0 Å². The molecule has 72 valence electrons. The second-order valence-electron chi connectivity index (χ2n) is 2.43. The number of rotatable bonds is 6. The fourth-order valence-corrected chi connectivity index (χ4v) is 1.01. The van der Waals surface area contributed by atoms with Crippen molar-refractivity contribution in [3.8, 4) is 5.63 Å². The van der Waals surface area contributed by atoms with Crippen molar-refractivity contribution in [3.63, 3.8) is 0 Å². The number of unbranched alkanes of at least 4 members (excludes halogenated alkanes) is 3. The van der Waals surface area contributed by atoms with Crippen LogP contribution in [-0.4, -0.2) is 12.6 Å². The van der Waals surface area contributed by atoms with E-state index in [9.17, 15) is 9.36 Å². The zero-order valence-corrected chi connectivity index (χ0v) is 8.39. The van der Waals surface area contributed by atoms with E-state index in [-0.39, 0.29) is 13.9 Å². The summed E-state index contributed by atoms with van der Waals surface area (Å²) in [6, 6.07) is 0. The third-order valence-electron chi connectivity index (χ3n) is 1.41. The van der Waals surface area contributed by atoms with E-state index in [1.807, 2.05) is 0 Å². The third-order valence-corrected chi connectivity index (χ3v) is 1.76. The van der Waals surface area contributed by atoms with Crippen molar-refractivity contribution in [2.45, 2.75) is 25.7 Å². The monoisotopic (exact) mass is 200 g/mol. The van der Waals surface area contributed by atoms with Gasteiger partial charge in [0.15, 0.2) is 0 Å². The maximum atomic E-state index is 10.6. The van der Waals surface area contributed by atoms with Crippen molar-refractivity contribution in [1.29, 1.82) is 0 Å². The van der Waals surface area contributed by atoms with E-state index in [0.29, 0.717) is 6.61 Å². The predicted molar refractivity (Wildman–Crippen MR) is 51.1 cm³/mol. The molecule has 0 fully saturated rings. The molecule has 0 unspecified atom stereocenters. The molecule has 3 nitrogen and oxygen atoms in total. The Balaban J connectivity index is 3.15. The van der Waals surface area contributed by atoms with Crippen molar-refractivity contribution in [2.75, 3.05) is 6.61 Å². The van der Waals surface area contributed by atoms with Gasteiger partial charge in [0.1, 0.15) is 0 Å². The van der Waals surface area contributed by atoms with Gasteiger partial charge in [-0.25, -0.2) is 0 Å². The summed E-state index contributed by atoms with van der Waals surface area (Å²) in [4.78, 5) is 10.6. The van der Waals surface area contributed by atoms with Crippen LogP contribution < -0.4 is 0 Å². The van der Waals surface area contributed by atoms with Gasteiger partial charge < -0.3 is 0 Å². The van der Waals surface area contributed by atoms with Gasteiger partial charge in [-0.1, -0.05) is 0 Å². The van der Waals surface area contributed by atoms with Gasteiger partial charge in [0.2, 0.25) is 0 Å². The SMILES string of the molecule is C=CC(=O)OCCCCCC#P=O. The first-order chi connectivity index (χ1) is 6.31. The van der Waals surface area contributed by atoms with Crippen LogP contribution in [-0.2, 0) is 14.1 Å². The molecule has 0 heterocycles. The van der Waals surface area contributed by atoms with Gasteiger partial charge in [0, 0.05) is 0 Å². The Bertz CT molecular complexity index is 253. The number of hydrogen-bond acceptors (Lipinski definition) is 3. The van der Waals surface area contributed by atoms with Crippen molar-refractivity contribution < 1.29 is 14.1 Å². The van der Waals surface area contributed by atoms with Crippen molar-refractivity contribution >= 4 is 13.9 Å². The fraction of sp³-hybridized carbons (Fsp3) is 0.556. The molecule has 0 aliphatic carbocycles. The van der Waals surface area contributed by atoms with Gasteiger partial charge in [0.25, 0.3) is 0 Å². The summed E-state index contributed by atoms with van der Waals surface area (Å²) in [7, 11) is -0.0287. The second-order valence-corrected chi connectivity index (χ2v) is 2.93. The fourth-order valence-electron chi connectivity index (χ4n) is 0.760. The van der Waals surface area contributed by atoms with E-state index in [1.165, 1.54) is 0 Å². The minimum absolute atomic E-state index is 0.0287. The van der Waals surface area contributed by atoms with E-state index >= 15 is 0 Å². The Kier molecular flexibility index (Phi) is 8.75. The van der Waals surface area contributed by atoms with Gasteiger partial charge in [-0.3, -0.25) is 0 Å². The zero-order chi connectivity index (χ0) is 9.94. The summed E-state index contributed by atoms with van der Waals surface area (Å²) < 4.78 is 14.7. The number of carbonyl (C=O) groups is 1. The molecular formula is C9H13O3P. The summed E-state index contributed by atoms with van der Waals surface area (Å²) in [6.45, 7) is 3.71. The second kappa shape index (κ2) is 9.31. The van der Waals surface area contributed by atoms with Crippen LogP contribution >= 0.6 is 7.92 Å². The Morgan fingerprint density at radius 2 is 2.23 bits per heavy atom. The van der Waals surface area contributed by atoms with Crippen LogP contribution in [0.15, 0.2) is 12.7 Å². The zero-order valence-electron chi connectivity index (χ0n) is 7.49. The first-order valence-corrected chi connectivity index (χ1v) is 4.97. The van der Waals surface area contributed by atoms with Crippen molar-refractivity contribution in [1.82, 2.24) is 0 Å². The van der Waals surface area contributed by atoms with Crippen molar-refractivity contribution in [2.24, 2.45) is 0 Å². The summed E-state index contributed by atoms with van der Waals surface area (Å²) in [5.74, 6) is -0.379. The molecule has 0 aromatic rings. The Labute approximate surface area is 79.3 Å². The van der Waals surface area contributed by atoms with E-state index in [1.54, 1.807) is 0 Å². The van der Waals surface area contributed by atoms with E-state index in [4.69, 9.17) is 4.74 Å². The topological polar surface area (TPSA) is 43.4 Å². The maximum absolute atomic E-state index is 10.6. The Hall–Kier alpha value is -0.780. The number of hydrogen-bond donors (Lipinski definition) is 0. The van der Waals surface area contributed by atoms with Crippen LogP contribution in [0.4, 0.5) is 0 Å². The molecule has 0 aromatic carbocycles. The number of esters is 1. The van der Waals surface area contributed by atoms with Crippen LogP contribution in [0.1, 0.15) is 25.7 Å². The van der Waals surface area contributed by atoms with Crippen LogP contribution in [0.2, 0.25) is 0 Å². The molecule has 0 rings (SSSR count). The molecule has 0 aromatic heterocycles. The minimum atomic E-state index is -0.379. The normalized spacial score (nSPS) is 8.62. The first kappa shape index (κ1) is 12.2. The molecule has 0 radical (unpaired) electrons. The average Bonchev–Trinajstić information content (AvgIpc) is 2.16. The summed E-state index contributed by atoms with van der Waals surface area (Å²) >= 11 is 0. The third kappa shape index (κ3) is 9.13. The molecule has 0 N–H and O–H groups in total. The van der Waals surface area contributed by atoms with Gasteiger partial charge in [0.05, 0.1) is 0 Å². The van der Waals surface area contributed by atoms with Crippen molar-refractivity contribution in [3.05, 3.63) is 12.7 Å². The predicted octanol–water partition coefficient (Wildman–Crippen LogP) is 2.53. The van der Waals surface area contributed by atoms with Gasteiger partial charge >= 0.3 is 78.6 Å². The molecular weight excluding hydrogens is 187 g/mol. The Morgan fingerprint density at radius 1 is 1.46 bits per heavy atom. The average molecular weight is 200 g/mol. The molecule has 4 heteroatoms. The molecule has 0 aliphatic heterocycles. The summed E-state index contributed by atoms with van der Waals surface area (Å²) in [5.41, 5.74) is 2.65. The summed E-state index contributed by atoms with van der Waals surface area (Å²) in [5, 5.41) is 0. The van der Waals surface area contributed by atoms with Gasteiger partial charge in [-0.05, 0) is 0 Å². The molecule has 0 saturated heterocycles. The van der Waals surface area contributed by atoms with Gasteiger partial charge in [-0.2, -0.15) is 0 Å². The summed E-state index contributed by atoms with van der Waals surface area (Å²) in [6.07, 6.45) is 4.59. The van der Waals surface area contributed by atoms with Crippen LogP contribution in [0.25, 0.3) is 0 Å². The number of ether oxygens (including phenoxy) is 1. The molecule has 0 aliphatic rings. The molecule has 0 saturated carbocycles.